The van der Waals surface area contributed by atoms with Gasteiger partial charge < -0.3 is 15.8 Å². The average molecular weight is 274 g/mol. The van der Waals surface area contributed by atoms with E-state index in [4.69, 9.17) is 10.5 Å². The molecule has 0 aliphatic rings. The van der Waals surface area contributed by atoms with Crippen molar-refractivity contribution < 1.29 is 4.74 Å². The number of hydrogen-bond acceptors (Lipinski definition) is 4. The van der Waals surface area contributed by atoms with E-state index in [1.807, 2.05) is 41.3 Å². The van der Waals surface area contributed by atoms with Gasteiger partial charge in [-0.15, -0.1) is 0 Å². The van der Waals surface area contributed by atoms with E-state index < -0.39 is 0 Å². The van der Waals surface area contributed by atoms with Crippen molar-refractivity contribution in [2.45, 2.75) is 25.9 Å². The smallest absolute Gasteiger partial charge is 0.141 e. The lowest BCUT2D eigenvalue weighted by Gasteiger charge is -2.18. The number of aromatic nitrogens is 2. The first kappa shape index (κ1) is 14.4. The van der Waals surface area contributed by atoms with Crippen LogP contribution in [0.15, 0.2) is 36.7 Å². The third-order valence-corrected chi connectivity index (χ3v) is 3.18. The molecule has 0 fully saturated rings. The Morgan fingerprint density at radius 2 is 2.20 bits per heavy atom. The minimum atomic E-state index is 0.0249. The lowest BCUT2D eigenvalue weighted by atomic mass is 10.1. The highest BCUT2D eigenvalue weighted by Gasteiger charge is 2.13. The molecule has 0 saturated carbocycles. The molecule has 0 bridgehead atoms. The maximum absolute atomic E-state index is 5.89. The molecule has 20 heavy (non-hydrogen) atoms. The number of benzene rings is 1. The normalized spacial score (nSPS) is 12.2. The van der Waals surface area contributed by atoms with Crippen LogP contribution in [-0.2, 0) is 6.54 Å². The fourth-order valence-electron chi connectivity index (χ4n) is 2.14. The standard InChI is InChI=1S/C15H22N4O/c1-3-8-19-11-12(10-17-19)14(9-16)18-13-6-4-5-7-15(13)20-2/h4-7,10-11,14,18H,3,8-9,16H2,1-2H3. The second-order valence-corrected chi connectivity index (χ2v) is 4.67. The molecule has 0 spiro atoms. The van der Waals surface area contributed by atoms with Gasteiger partial charge in [0.05, 0.1) is 25.0 Å². The number of ether oxygens (including phenoxy) is 1. The van der Waals surface area contributed by atoms with Crippen LogP contribution in [0.3, 0.4) is 0 Å². The molecule has 1 atom stereocenters. The largest absolute Gasteiger partial charge is 0.495 e. The number of hydrogen-bond donors (Lipinski definition) is 2. The monoisotopic (exact) mass is 274 g/mol. The number of methoxy groups -OCH3 is 1. The summed E-state index contributed by atoms with van der Waals surface area (Å²) in [6.45, 7) is 3.55. The van der Waals surface area contributed by atoms with E-state index in [9.17, 15) is 0 Å². The van der Waals surface area contributed by atoms with E-state index in [0.717, 1.165) is 30.0 Å². The molecule has 0 aliphatic heterocycles. The van der Waals surface area contributed by atoms with Crippen LogP contribution < -0.4 is 15.8 Å². The lowest BCUT2D eigenvalue weighted by molar-refractivity contribution is 0.416. The Bertz CT molecular complexity index is 538. The van der Waals surface area contributed by atoms with Crippen LogP contribution in [0.2, 0.25) is 0 Å². The quantitative estimate of drug-likeness (QED) is 0.813. The Morgan fingerprint density at radius 1 is 1.40 bits per heavy atom. The Kier molecular flexibility index (Phi) is 5.01. The maximum Gasteiger partial charge on any atom is 0.141 e. The molecular formula is C15H22N4O. The summed E-state index contributed by atoms with van der Waals surface area (Å²) in [5.74, 6) is 0.812. The molecule has 5 heteroatoms. The first-order valence-electron chi connectivity index (χ1n) is 6.90. The zero-order chi connectivity index (χ0) is 14.4. The molecule has 3 N–H and O–H groups in total. The molecule has 1 unspecified atom stereocenters. The van der Waals surface area contributed by atoms with Gasteiger partial charge in [0.2, 0.25) is 0 Å². The van der Waals surface area contributed by atoms with Gasteiger partial charge in [0, 0.05) is 24.8 Å². The van der Waals surface area contributed by atoms with Gasteiger partial charge >= 0.3 is 0 Å². The van der Waals surface area contributed by atoms with Gasteiger partial charge in [-0.3, -0.25) is 4.68 Å². The number of nitrogens with two attached hydrogens (primary N) is 1. The summed E-state index contributed by atoms with van der Waals surface area (Å²) in [5.41, 5.74) is 7.92. The van der Waals surface area contributed by atoms with Gasteiger partial charge in [0.1, 0.15) is 5.75 Å². The Labute approximate surface area is 119 Å². The fourth-order valence-corrected chi connectivity index (χ4v) is 2.14. The van der Waals surface area contributed by atoms with Crippen LogP contribution in [0.4, 0.5) is 5.69 Å². The summed E-state index contributed by atoms with van der Waals surface area (Å²) in [5, 5.41) is 7.77. The fraction of sp³-hybridized carbons (Fsp3) is 0.400. The van der Waals surface area contributed by atoms with E-state index >= 15 is 0 Å². The summed E-state index contributed by atoms with van der Waals surface area (Å²) in [6, 6.07) is 7.85. The molecule has 0 radical (unpaired) electrons. The van der Waals surface area contributed by atoms with Crippen molar-refractivity contribution in [3.8, 4) is 5.75 Å². The van der Waals surface area contributed by atoms with Crippen LogP contribution in [0.25, 0.3) is 0 Å². The highest BCUT2D eigenvalue weighted by atomic mass is 16.5. The van der Waals surface area contributed by atoms with Gasteiger partial charge in [0.15, 0.2) is 0 Å². The van der Waals surface area contributed by atoms with Crippen molar-refractivity contribution in [3.05, 3.63) is 42.2 Å². The third-order valence-electron chi connectivity index (χ3n) is 3.18. The van der Waals surface area contributed by atoms with E-state index in [0.29, 0.717) is 6.54 Å². The predicted molar refractivity (Wildman–Crippen MR) is 80.9 cm³/mol. The number of para-hydroxylation sites is 2. The van der Waals surface area contributed by atoms with E-state index in [1.54, 1.807) is 7.11 Å². The Morgan fingerprint density at radius 3 is 2.90 bits per heavy atom. The number of anilines is 1. The van der Waals surface area contributed by atoms with E-state index in [1.165, 1.54) is 0 Å². The summed E-state index contributed by atoms with van der Waals surface area (Å²) in [7, 11) is 1.66. The van der Waals surface area contributed by atoms with Gasteiger partial charge in [-0.2, -0.15) is 5.10 Å². The lowest BCUT2D eigenvalue weighted by Crippen LogP contribution is -2.20. The molecule has 1 aromatic carbocycles. The van der Waals surface area contributed by atoms with Crippen LogP contribution in [0.1, 0.15) is 24.9 Å². The van der Waals surface area contributed by atoms with Crippen molar-refractivity contribution in [1.82, 2.24) is 9.78 Å². The molecule has 2 rings (SSSR count). The van der Waals surface area contributed by atoms with Gasteiger partial charge in [0.25, 0.3) is 0 Å². The van der Waals surface area contributed by atoms with Crippen molar-refractivity contribution in [1.29, 1.82) is 0 Å². The zero-order valence-corrected chi connectivity index (χ0v) is 12.0. The molecule has 1 heterocycles. The van der Waals surface area contributed by atoms with Crippen LogP contribution in [0, 0.1) is 0 Å². The van der Waals surface area contributed by atoms with Crippen LogP contribution in [-0.4, -0.2) is 23.4 Å². The SMILES string of the molecule is CCCn1cc(C(CN)Nc2ccccc2OC)cn1. The molecule has 0 amide bonds. The number of nitrogens with zero attached hydrogens (tertiary/aromatic N) is 2. The Balaban J connectivity index is 2.15. The second kappa shape index (κ2) is 6.96. The van der Waals surface area contributed by atoms with Gasteiger partial charge in [-0.1, -0.05) is 19.1 Å². The minimum Gasteiger partial charge on any atom is -0.495 e. The molecule has 0 aliphatic carbocycles. The van der Waals surface area contributed by atoms with E-state index in [2.05, 4.69) is 17.3 Å². The molecule has 108 valence electrons. The summed E-state index contributed by atoms with van der Waals surface area (Å²) >= 11 is 0. The van der Waals surface area contributed by atoms with Crippen LogP contribution in [0.5, 0.6) is 5.75 Å². The second-order valence-electron chi connectivity index (χ2n) is 4.67. The summed E-state index contributed by atoms with van der Waals surface area (Å²) in [6.07, 6.45) is 4.98. The van der Waals surface area contributed by atoms with Crippen molar-refractivity contribution in [2.24, 2.45) is 5.73 Å². The van der Waals surface area contributed by atoms with E-state index in [-0.39, 0.29) is 6.04 Å². The molecule has 2 aromatic rings. The maximum atomic E-state index is 5.89. The first-order valence-corrected chi connectivity index (χ1v) is 6.90. The molecule has 5 nitrogen and oxygen atoms in total. The topological polar surface area (TPSA) is 65.1 Å². The van der Waals surface area contributed by atoms with Gasteiger partial charge in [-0.05, 0) is 18.6 Å². The number of rotatable bonds is 7. The summed E-state index contributed by atoms with van der Waals surface area (Å²) in [4.78, 5) is 0. The number of nitrogens with one attached hydrogen (secondary N) is 1. The first-order chi connectivity index (χ1) is 9.78. The van der Waals surface area contributed by atoms with Crippen molar-refractivity contribution in [2.75, 3.05) is 19.0 Å². The summed E-state index contributed by atoms with van der Waals surface area (Å²) < 4.78 is 7.29. The average Bonchev–Trinajstić information content (AvgIpc) is 2.94. The number of aryl methyl sites for hydroxylation is 1. The molecular weight excluding hydrogens is 252 g/mol. The predicted octanol–water partition coefficient (Wildman–Crippen LogP) is 2.41. The Hall–Kier alpha value is -2.01. The highest BCUT2D eigenvalue weighted by molar-refractivity contribution is 5.57. The minimum absolute atomic E-state index is 0.0249. The highest BCUT2D eigenvalue weighted by Crippen LogP contribution is 2.27. The zero-order valence-electron chi connectivity index (χ0n) is 12.0. The molecule has 1 aromatic heterocycles. The third kappa shape index (κ3) is 3.30. The van der Waals surface area contributed by atoms with Crippen molar-refractivity contribution >= 4 is 5.69 Å². The van der Waals surface area contributed by atoms with Gasteiger partial charge in [-0.25, -0.2) is 0 Å². The van der Waals surface area contributed by atoms with Crippen LogP contribution >= 0.6 is 0 Å². The molecule has 0 saturated heterocycles. The van der Waals surface area contributed by atoms with Crippen molar-refractivity contribution in [3.63, 3.8) is 0 Å².